The first-order valence-corrected chi connectivity index (χ1v) is 11.5. The molecule has 0 spiro atoms. The van der Waals surface area contributed by atoms with Crippen LogP contribution in [0.5, 0.6) is 0 Å². The molecular weight excluding hydrogens is 381 g/mol. The Bertz CT molecular complexity index is 903. The highest BCUT2D eigenvalue weighted by Crippen LogP contribution is 2.38. The molecule has 0 nitrogen and oxygen atoms in total. The van der Waals surface area contributed by atoms with Crippen LogP contribution in [0.1, 0.15) is 86.5 Å². The number of fused-ring (bicyclic) bond motifs is 1. The lowest BCUT2D eigenvalue weighted by Crippen LogP contribution is -2.13. The van der Waals surface area contributed by atoms with E-state index in [0.717, 1.165) is 23.1 Å². The van der Waals surface area contributed by atoms with Gasteiger partial charge in [0.05, 0.1) is 0 Å². The average molecular weight is 413 g/mol. The van der Waals surface area contributed by atoms with Crippen LogP contribution in [0.15, 0.2) is 36.4 Å². The van der Waals surface area contributed by atoms with Gasteiger partial charge in [-0.15, -0.1) is 0 Å². The Kier molecular flexibility index (Phi) is 6.65. The molecule has 2 aliphatic carbocycles. The Morgan fingerprint density at radius 3 is 2.33 bits per heavy atom. The van der Waals surface area contributed by atoms with E-state index in [0.29, 0.717) is 24.3 Å². The fourth-order valence-corrected chi connectivity index (χ4v) is 5.22. The van der Waals surface area contributed by atoms with Crippen molar-refractivity contribution in [2.24, 2.45) is 5.92 Å². The second-order valence-corrected chi connectivity index (χ2v) is 9.07. The maximum absolute atomic E-state index is 14.0. The molecule has 2 aliphatic rings. The van der Waals surface area contributed by atoms with E-state index in [1.165, 1.54) is 56.9 Å². The van der Waals surface area contributed by atoms with Crippen LogP contribution in [-0.4, -0.2) is 0 Å². The molecule has 0 atom stereocenters. The van der Waals surface area contributed by atoms with Crippen molar-refractivity contribution in [2.75, 3.05) is 0 Å². The lowest BCUT2D eigenvalue weighted by Gasteiger charge is -2.29. The number of rotatable bonds is 6. The number of benzene rings is 2. The molecule has 160 valence electrons. The molecule has 0 bridgehead atoms. The van der Waals surface area contributed by atoms with E-state index in [1.54, 1.807) is 0 Å². The molecule has 0 amide bonds. The van der Waals surface area contributed by atoms with Gasteiger partial charge in [-0.3, -0.25) is 0 Å². The Hall–Kier alpha value is -2.03. The second-order valence-electron chi connectivity index (χ2n) is 9.07. The normalized spacial score (nSPS) is 21.3. The lowest BCUT2D eigenvalue weighted by atomic mass is 9.76. The first-order chi connectivity index (χ1) is 14.6. The molecule has 0 saturated heterocycles. The Balaban J connectivity index is 1.39. The summed E-state index contributed by atoms with van der Waals surface area (Å²) < 4.78 is 41.1. The van der Waals surface area contributed by atoms with Crippen molar-refractivity contribution in [2.45, 2.75) is 77.0 Å². The summed E-state index contributed by atoms with van der Waals surface area (Å²) in [6.07, 6.45) is 13.3. The van der Waals surface area contributed by atoms with Gasteiger partial charge >= 0.3 is 0 Å². The molecular formula is C27H31F3. The average Bonchev–Trinajstić information content (AvgIpc) is 2.78. The predicted octanol–water partition coefficient (Wildman–Crippen LogP) is 8.14. The summed E-state index contributed by atoms with van der Waals surface area (Å²) in [5, 5.41) is 0. The number of hydrogen-bond acceptors (Lipinski definition) is 0. The quantitative estimate of drug-likeness (QED) is 0.332. The van der Waals surface area contributed by atoms with E-state index in [1.807, 2.05) is 6.08 Å². The molecule has 30 heavy (non-hydrogen) atoms. The molecule has 0 aromatic heterocycles. The largest absolute Gasteiger partial charge is 0.204 e. The van der Waals surface area contributed by atoms with E-state index in [9.17, 15) is 13.2 Å². The van der Waals surface area contributed by atoms with Gasteiger partial charge in [0.1, 0.15) is 0 Å². The third kappa shape index (κ3) is 4.50. The maximum atomic E-state index is 14.0. The summed E-state index contributed by atoms with van der Waals surface area (Å²) >= 11 is 0. The summed E-state index contributed by atoms with van der Waals surface area (Å²) in [7, 11) is 0. The van der Waals surface area contributed by atoms with Gasteiger partial charge in [0.2, 0.25) is 0 Å². The molecule has 0 heterocycles. The van der Waals surface area contributed by atoms with E-state index in [4.69, 9.17) is 0 Å². The first kappa shape index (κ1) is 21.2. The Labute approximate surface area is 178 Å². The van der Waals surface area contributed by atoms with Crippen molar-refractivity contribution < 1.29 is 13.2 Å². The molecule has 0 radical (unpaired) electrons. The molecule has 1 saturated carbocycles. The minimum absolute atomic E-state index is 0.282. The molecule has 0 unspecified atom stereocenters. The Morgan fingerprint density at radius 2 is 1.63 bits per heavy atom. The van der Waals surface area contributed by atoms with Gasteiger partial charge in [0.25, 0.3) is 0 Å². The van der Waals surface area contributed by atoms with Gasteiger partial charge in [-0.25, -0.2) is 13.2 Å². The lowest BCUT2D eigenvalue weighted by molar-refractivity contribution is 0.303. The monoisotopic (exact) mass is 412 g/mol. The number of unbranched alkanes of at least 4 members (excludes halogenated alkanes) is 2. The van der Waals surface area contributed by atoms with Gasteiger partial charge in [0, 0.05) is 0 Å². The standard InChI is InChI=1S/C27H31F3/c1-2-3-4-5-18-6-8-19(9-7-18)20-10-12-21(13-11-20)22-14-15-24-23(16-22)17-25(28)27(30)26(24)29/h10-14,17-19H,2-9,15-16H2,1H3. The summed E-state index contributed by atoms with van der Waals surface area (Å²) in [4.78, 5) is 0. The van der Waals surface area contributed by atoms with Gasteiger partial charge < -0.3 is 0 Å². The number of hydrogen-bond donors (Lipinski definition) is 0. The third-order valence-corrected chi connectivity index (χ3v) is 7.10. The fourth-order valence-electron chi connectivity index (χ4n) is 5.22. The summed E-state index contributed by atoms with van der Waals surface area (Å²) in [5.41, 5.74) is 4.38. The highest BCUT2D eigenvalue weighted by molar-refractivity contribution is 5.70. The van der Waals surface area contributed by atoms with Crippen LogP contribution in [0.25, 0.3) is 5.57 Å². The zero-order valence-corrected chi connectivity index (χ0v) is 17.8. The number of allylic oxidation sites excluding steroid dienone is 2. The highest BCUT2D eigenvalue weighted by atomic mass is 19.2. The number of halogens is 3. The van der Waals surface area contributed by atoms with E-state index in [2.05, 4.69) is 31.2 Å². The van der Waals surface area contributed by atoms with Crippen LogP contribution in [0.3, 0.4) is 0 Å². The van der Waals surface area contributed by atoms with Crippen molar-refractivity contribution in [1.29, 1.82) is 0 Å². The van der Waals surface area contributed by atoms with Crippen LogP contribution in [-0.2, 0) is 12.8 Å². The zero-order chi connectivity index (χ0) is 21.1. The van der Waals surface area contributed by atoms with Crippen molar-refractivity contribution in [1.82, 2.24) is 0 Å². The van der Waals surface area contributed by atoms with Crippen LogP contribution in [0.2, 0.25) is 0 Å². The summed E-state index contributed by atoms with van der Waals surface area (Å²) in [6.45, 7) is 2.26. The minimum Gasteiger partial charge on any atom is -0.204 e. The second kappa shape index (κ2) is 9.41. The van der Waals surface area contributed by atoms with E-state index in [-0.39, 0.29) is 5.56 Å². The summed E-state index contributed by atoms with van der Waals surface area (Å²) in [5.74, 6) is -1.96. The van der Waals surface area contributed by atoms with Gasteiger partial charge in [-0.2, -0.15) is 0 Å². The maximum Gasteiger partial charge on any atom is 0.194 e. The highest BCUT2D eigenvalue weighted by Gasteiger charge is 2.24. The molecule has 2 aromatic carbocycles. The molecule has 4 rings (SSSR count). The molecule has 2 aromatic rings. The molecule has 0 N–H and O–H groups in total. The van der Waals surface area contributed by atoms with Crippen LogP contribution < -0.4 is 0 Å². The molecule has 3 heteroatoms. The summed E-state index contributed by atoms with van der Waals surface area (Å²) in [6, 6.07) is 9.86. The van der Waals surface area contributed by atoms with Gasteiger partial charge in [-0.1, -0.05) is 62.9 Å². The van der Waals surface area contributed by atoms with Crippen molar-refractivity contribution >= 4 is 5.57 Å². The van der Waals surface area contributed by atoms with Crippen molar-refractivity contribution in [3.05, 3.63) is 76.1 Å². The topological polar surface area (TPSA) is 0 Å². The third-order valence-electron chi connectivity index (χ3n) is 7.10. The Morgan fingerprint density at radius 1 is 0.900 bits per heavy atom. The van der Waals surface area contributed by atoms with Crippen molar-refractivity contribution in [3.8, 4) is 0 Å². The molecule has 1 fully saturated rings. The fraction of sp³-hybridized carbons (Fsp3) is 0.481. The minimum atomic E-state index is -1.37. The van der Waals surface area contributed by atoms with Gasteiger partial charge in [-0.05, 0) is 84.3 Å². The zero-order valence-electron chi connectivity index (χ0n) is 17.8. The SMILES string of the molecule is CCCCCC1CCC(c2ccc(C3=CCc4c(cc(F)c(F)c4F)C3)cc2)CC1. The molecule has 0 aliphatic heterocycles. The predicted molar refractivity (Wildman–Crippen MR) is 117 cm³/mol. The van der Waals surface area contributed by atoms with E-state index >= 15 is 0 Å². The first-order valence-electron chi connectivity index (χ1n) is 11.5. The smallest absolute Gasteiger partial charge is 0.194 e. The van der Waals surface area contributed by atoms with Gasteiger partial charge in [0.15, 0.2) is 17.5 Å². The van der Waals surface area contributed by atoms with Crippen LogP contribution >= 0.6 is 0 Å². The van der Waals surface area contributed by atoms with Crippen LogP contribution in [0.4, 0.5) is 13.2 Å². The van der Waals surface area contributed by atoms with Crippen molar-refractivity contribution in [3.63, 3.8) is 0 Å². The van der Waals surface area contributed by atoms with Crippen LogP contribution in [0, 0.1) is 23.4 Å². The van der Waals surface area contributed by atoms with E-state index < -0.39 is 17.5 Å².